The molecule has 76 valence electrons. The van der Waals surface area contributed by atoms with Gasteiger partial charge in [0.25, 0.3) is 0 Å². The molecule has 0 fully saturated rings. The van der Waals surface area contributed by atoms with Crippen LogP contribution in [0.4, 0.5) is 4.39 Å². The second kappa shape index (κ2) is 4.04. The number of methoxy groups -OCH3 is 1. The molecule has 1 aromatic heterocycles. The van der Waals surface area contributed by atoms with Crippen LogP contribution in [0.15, 0.2) is 36.8 Å². The average Bonchev–Trinajstić information content (AvgIpc) is 2.29. The zero-order chi connectivity index (χ0) is 10.7. The largest absolute Gasteiger partial charge is 0.496 e. The molecule has 1 heterocycles. The molecule has 0 aliphatic heterocycles. The van der Waals surface area contributed by atoms with E-state index in [0.29, 0.717) is 17.0 Å². The Hall–Kier alpha value is -1.97. The SMILES string of the molecule is COc1cccc(F)c1-c1ccncn1. The van der Waals surface area contributed by atoms with Crippen LogP contribution in [-0.2, 0) is 0 Å². The molecule has 0 aliphatic carbocycles. The molecule has 0 radical (unpaired) electrons. The fourth-order valence-corrected chi connectivity index (χ4v) is 1.36. The summed E-state index contributed by atoms with van der Waals surface area (Å²) in [7, 11) is 1.50. The third-order valence-corrected chi connectivity index (χ3v) is 2.03. The van der Waals surface area contributed by atoms with Gasteiger partial charge in [0, 0.05) is 6.20 Å². The molecule has 2 aromatic rings. The van der Waals surface area contributed by atoms with Crippen LogP contribution >= 0.6 is 0 Å². The number of nitrogens with zero attached hydrogens (tertiary/aromatic N) is 2. The quantitative estimate of drug-likeness (QED) is 0.752. The molecule has 0 saturated heterocycles. The third-order valence-electron chi connectivity index (χ3n) is 2.03. The first-order chi connectivity index (χ1) is 7.33. The fraction of sp³-hybridized carbons (Fsp3) is 0.0909. The zero-order valence-electron chi connectivity index (χ0n) is 8.14. The number of aromatic nitrogens is 2. The van der Waals surface area contributed by atoms with Crippen molar-refractivity contribution >= 4 is 0 Å². The number of halogens is 1. The van der Waals surface area contributed by atoms with E-state index in [9.17, 15) is 4.39 Å². The van der Waals surface area contributed by atoms with Crippen molar-refractivity contribution in [1.29, 1.82) is 0 Å². The van der Waals surface area contributed by atoms with Gasteiger partial charge in [-0.05, 0) is 18.2 Å². The van der Waals surface area contributed by atoms with Crippen LogP contribution in [0, 0.1) is 5.82 Å². The maximum atomic E-state index is 13.6. The molecule has 0 spiro atoms. The van der Waals surface area contributed by atoms with Gasteiger partial charge in [-0.3, -0.25) is 0 Å². The van der Waals surface area contributed by atoms with Gasteiger partial charge in [-0.2, -0.15) is 0 Å². The standard InChI is InChI=1S/C11H9FN2O/c1-15-10-4-2-3-8(12)11(10)9-5-6-13-7-14-9/h2-7H,1H3. The Morgan fingerprint density at radius 2 is 2.13 bits per heavy atom. The highest BCUT2D eigenvalue weighted by Gasteiger charge is 2.11. The number of hydrogen-bond donors (Lipinski definition) is 0. The molecule has 0 saturated carbocycles. The van der Waals surface area contributed by atoms with Crippen molar-refractivity contribution in [2.24, 2.45) is 0 Å². The highest BCUT2D eigenvalue weighted by molar-refractivity contribution is 5.67. The van der Waals surface area contributed by atoms with Gasteiger partial charge in [-0.25, -0.2) is 14.4 Å². The van der Waals surface area contributed by atoms with Crippen LogP contribution in [0.3, 0.4) is 0 Å². The first kappa shape index (κ1) is 9.58. The van der Waals surface area contributed by atoms with Crippen molar-refractivity contribution in [2.75, 3.05) is 7.11 Å². The minimum absolute atomic E-state index is 0.354. The van der Waals surface area contributed by atoms with Gasteiger partial charge in [-0.1, -0.05) is 6.07 Å². The van der Waals surface area contributed by atoms with Crippen LogP contribution < -0.4 is 4.74 Å². The summed E-state index contributed by atoms with van der Waals surface area (Å²) in [5.74, 6) is 0.113. The van der Waals surface area contributed by atoms with Crippen molar-refractivity contribution < 1.29 is 9.13 Å². The van der Waals surface area contributed by atoms with E-state index in [1.807, 2.05) is 0 Å². The summed E-state index contributed by atoms with van der Waals surface area (Å²) >= 11 is 0. The van der Waals surface area contributed by atoms with E-state index in [4.69, 9.17) is 4.74 Å². The highest BCUT2D eigenvalue weighted by atomic mass is 19.1. The molecule has 4 heteroatoms. The Balaban J connectivity index is 2.61. The van der Waals surface area contributed by atoms with Gasteiger partial charge < -0.3 is 4.74 Å². The summed E-state index contributed by atoms with van der Waals surface area (Å²) < 4.78 is 18.7. The first-order valence-electron chi connectivity index (χ1n) is 4.42. The topological polar surface area (TPSA) is 35.0 Å². The van der Waals surface area contributed by atoms with Crippen LogP contribution in [0.1, 0.15) is 0 Å². The smallest absolute Gasteiger partial charge is 0.136 e. The minimum atomic E-state index is -0.354. The average molecular weight is 204 g/mol. The lowest BCUT2D eigenvalue weighted by atomic mass is 10.1. The van der Waals surface area contributed by atoms with Gasteiger partial charge in [0.2, 0.25) is 0 Å². The summed E-state index contributed by atoms with van der Waals surface area (Å²) in [5, 5.41) is 0. The molecule has 0 N–H and O–H groups in total. The monoisotopic (exact) mass is 204 g/mol. The van der Waals surface area contributed by atoms with Crippen LogP contribution in [-0.4, -0.2) is 17.1 Å². The van der Waals surface area contributed by atoms with Gasteiger partial charge in [0.05, 0.1) is 18.4 Å². The Kier molecular flexibility index (Phi) is 2.58. The second-order valence-electron chi connectivity index (χ2n) is 2.91. The van der Waals surface area contributed by atoms with Crippen molar-refractivity contribution in [3.8, 4) is 17.0 Å². The Morgan fingerprint density at radius 3 is 2.80 bits per heavy atom. The third kappa shape index (κ3) is 1.79. The molecule has 15 heavy (non-hydrogen) atoms. The van der Waals surface area contributed by atoms with Crippen molar-refractivity contribution in [3.63, 3.8) is 0 Å². The van der Waals surface area contributed by atoms with E-state index in [1.54, 1.807) is 24.4 Å². The summed E-state index contributed by atoms with van der Waals surface area (Å²) in [6.07, 6.45) is 2.94. The molecule has 3 nitrogen and oxygen atoms in total. The lowest BCUT2D eigenvalue weighted by molar-refractivity contribution is 0.413. The van der Waals surface area contributed by atoms with E-state index in [1.165, 1.54) is 19.5 Å². The summed E-state index contributed by atoms with van der Waals surface area (Å²) in [5.41, 5.74) is 0.877. The van der Waals surface area contributed by atoms with Crippen molar-refractivity contribution in [3.05, 3.63) is 42.6 Å². The summed E-state index contributed by atoms with van der Waals surface area (Å²) in [6.45, 7) is 0. The van der Waals surface area contributed by atoms with Crippen molar-refractivity contribution in [1.82, 2.24) is 9.97 Å². The predicted molar refractivity (Wildman–Crippen MR) is 54.0 cm³/mol. The van der Waals surface area contributed by atoms with E-state index in [0.717, 1.165) is 0 Å². The highest BCUT2D eigenvalue weighted by Crippen LogP contribution is 2.30. The molecule has 0 aliphatic rings. The Morgan fingerprint density at radius 1 is 1.27 bits per heavy atom. The lowest BCUT2D eigenvalue weighted by Gasteiger charge is -2.07. The normalized spacial score (nSPS) is 10.0. The summed E-state index contributed by atoms with van der Waals surface area (Å²) in [6, 6.07) is 6.31. The first-order valence-corrected chi connectivity index (χ1v) is 4.42. The molecule has 0 bridgehead atoms. The predicted octanol–water partition coefficient (Wildman–Crippen LogP) is 2.29. The maximum absolute atomic E-state index is 13.6. The van der Waals surface area contributed by atoms with E-state index in [-0.39, 0.29) is 5.82 Å². The second-order valence-corrected chi connectivity index (χ2v) is 2.91. The minimum Gasteiger partial charge on any atom is -0.496 e. The molecule has 0 amide bonds. The van der Waals surface area contributed by atoms with Gasteiger partial charge >= 0.3 is 0 Å². The van der Waals surface area contributed by atoms with Crippen LogP contribution in [0.5, 0.6) is 5.75 Å². The molecule has 0 atom stereocenters. The zero-order valence-corrected chi connectivity index (χ0v) is 8.14. The van der Waals surface area contributed by atoms with E-state index in [2.05, 4.69) is 9.97 Å². The Bertz CT molecular complexity index is 459. The molecule has 2 rings (SSSR count). The number of hydrogen-bond acceptors (Lipinski definition) is 3. The van der Waals surface area contributed by atoms with Crippen LogP contribution in [0.2, 0.25) is 0 Å². The van der Waals surface area contributed by atoms with Gasteiger partial charge in [-0.15, -0.1) is 0 Å². The molecular formula is C11H9FN2O. The van der Waals surface area contributed by atoms with Crippen LogP contribution in [0.25, 0.3) is 11.3 Å². The number of ether oxygens (including phenoxy) is 1. The molecular weight excluding hydrogens is 195 g/mol. The maximum Gasteiger partial charge on any atom is 0.136 e. The lowest BCUT2D eigenvalue weighted by Crippen LogP contribution is -1.93. The molecule has 0 unspecified atom stereocenters. The van der Waals surface area contributed by atoms with Gasteiger partial charge in [0.1, 0.15) is 17.9 Å². The van der Waals surface area contributed by atoms with E-state index >= 15 is 0 Å². The summed E-state index contributed by atoms with van der Waals surface area (Å²) in [4.78, 5) is 7.77. The number of benzene rings is 1. The number of rotatable bonds is 2. The van der Waals surface area contributed by atoms with E-state index < -0.39 is 0 Å². The Labute approximate surface area is 86.6 Å². The molecule has 1 aromatic carbocycles. The van der Waals surface area contributed by atoms with Crippen molar-refractivity contribution in [2.45, 2.75) is 0 Å². The van der Waals surface area contributed by atoms with Gasteiger partial charge in [0.15, 0.2) is 0 Å². The fourth-order valence-electron chi connectivity index (χ4n) is 1.36.